The first-order valence-electron chi connectivity index (χ1n) is 7.42. The van der Waals surface area contributed by atoms with E-state index in [1.165, 1.54) is 43.5 Å². The summed E-state index contributed by atoms with van der Waals surface area (Å²) < 4.78 is 59.5. The summed E-state index contributed by atoms with van der Waals surface area (Å²) in [5.41, 5.74) is -0.0667. The van der Waals surface area contributed by atoms with E-state index >= 15 is 0 Å². The molecule has 0 fully saturated rings. The third-order valence-electron chi connectivity index (χ3n) is 3.53. The molecule has 24 heavy (non-hydrogen) atoms. The molecule has 0 amide bonds. The minimum absolute atomic E-state index is 0.0251. The first-order chi connectivity index (χ1) is 11.3. The molecule has 2 rings (SSSR count). The number of alkyl halides is 2. The molecule has 0 aliphatic heterocycles. The van der Waals surface area contributed by atoms with Crippen LogP contribution in [0.25, 0.3) is 0 Å². The van der Waals surface area contributed by atoms with Crippen LogP contribution >= 0.6 is 0 Å². The van der Waals surface area contributed by atoms with Crippen LogP contribution in [-0.4, -0.2) is 22.1 Å². The van der Waals surface area contributed by atoms with Crippen LogP contribution in [-0.2, 0) is 15.9 Å². The molecular weight excluding hydrogens is 336 g/mol. The molecule has 0 aliphatic rings. The van der Waals surface area contributed by atoms with Crippen LogP contribution in [0, 0.1) is 0 Å². The maximum atomic E-state index is 14.0. The molecule has 2 aromatic carbocycles. The monoisotopic (exact) mass is 355 g/mol. The number of rotatable bonds is 8. The number of nitrogens with one attached hydrogen (secondary N) is 1. The lowest BCUT2D eigenvalue weighted by Crippen LogP contribution is -2.26. The Balaban J connectivity index is 1.88. The molecule has 1 N–H and O–H groups in total. The lowest BCUT2D eigenvalue weighted by molar-refractivity contribution is -0.0148. The lowest BCUT2D eigenvalue weighted by atomic mass is 10.0. The van der Waals surface area contributed by atoms with Gasteiger partial charge in [0, 0.05) is 18.5 Å². The SMILES string of the molecule is COc1ccc(S(=O)(=O)NCCCC(F)(F)c2ccccc2)cc1. The maximum absolute atomic E-state index is 14.0. The van der Waals surface area contributed by atoms with Crippen molar-refractivity contribution in [2.75, 3.05) is 13.7 Å². The van der Waals surface area contributed by atoms with Gasteiger partial charge in [-0.25, -0.2) is 21.9 Å². The van der Waals surface area contributed by atoms with Gasteiger partial charge in [0.25, 0.3) is 5.92 Å². The Morgan fingerprint density at radius 2 is 1.67 bits per heavy atom. The second-order valence-corrected chi connectivity index (χ2v) is 7.01. The van der Waals surface area contributed by atoms with E-state index < -0.39 is 22.4 Å². The smallest absolute Gasteiger partial charge is 0.273 e. The highest BCUT2D eigenvalue weighted by Crippen LogP contribution is 2.32. The molecule has 0 saturated carbocycles. The van der Waals surface area contributed by atoms with Crippen LogP contribution < -0.4 is 9.46 Å². The molecule has 0 heterocycles. The van der Waals surface area contributed by atoms with E-state index in [2.05, 4.69) is 4.72 Å². The van der Waals surface area contributed by atoms with Gasteiger partial charge in [0.1, 0.15) is 5.75 Å². The Morgan fingerprint density at radius 3 is 2.25 bits per heavy atom. The van der Waals surface area contributed by atoms with Crippen molar-refractivity contribution in [3.05, 3.63) is 60.2 Å². The standard InChI is InChI=1S/C17H19F2NO3S/c1-23-15-8-10-16(11-9-15)24(21,22)20-13-5-12-17(18,19)14-6-3-2-4-7-14/h2-4,6-11,20H,5,12-13H2,1H3. The van der Waals surface area contributed by atoms with Crippen molar-refractivity contribution in [1.82, 2.24) is 4.72 Å². The summed E-state index contributed by atoms with van der Waals surface area (Å²) in [6.07, 6.45) is -0.403. The van der Waals surface area contributed by atoms with E-state index in [4.69, 9.17) is 4.74 Å². The fraction of sp³-hybridized carbons (Fsp3) is 0.294. The number of hydrogen-bond acceptors (Lipinski definition) is 3. The molecule has 0 bridgehead atoms. The molecule has 0 aliphatic carbocycles. The molecule has 130 valence electrons. The van der Waals surface area contributed by atoms with Crippen molar-refractivity contribution in [3.63, 3.8) is 0 Å². The number of hydrogen-bond donors (Lipinski definition) is 1. The maximum Gasteiger partial charge on any atom is 0.273 e. The van der Waals surface area contributed by atoms with E-state index in [-0.39, 0.29) is 23.4 Å². The van der Waals surface area contributed by atoms with E-state index in [1.807, 2.05) is 0 Å². The normalized spacial score (nSPS) is 12.1. The van der Waals surface area contributed by atoms with Gasteiger partial charge in [-0.3, -0.25) is 0 Å². The Hall–Kier alpha value is -1.99. The second kappa shape index (κ2) is 7.72. The van der Waals surface area contributed by atoms with Crippen LogP contribution in [0.1, 0.15) is 18.4 Å². The zero-order chi connectivity index (χ0) is 17.6. The molecule has 0 atom stereocenters. The average Bonchev–Trinajstić information content (AvgIpc) is 2.59. The van der Waals surface area contributed by atoms with Crippen LogP contribution in [0.3, 0.4) is 0 Å². The van der Waals surface area contributed by atoms with Crippen molar-refractivity contribution >= 4 is 10.0 Å². The zero-order valence-corrected chi connectivity index (χ0v) is 14.0. The van der Waals surface area contributed by atoms with Gasteiger partial charge in [-0.1, -0.05) is 30.3 Å². The fourth-order valence-corrected chi connectivity index (χ4v) is 3.26. The molecule has 0 unspecified atom stereocenters. The second-order valence-electron chi connectivity index (χ2n) is 5.25. The highest BCUT2D eigenvalue weighted by molar-refractivity contribution is 7.89. The summed E-state index contributed by atoms with van der Waals surface area (Å²) in [6, 6.07) is 13.4. The van der Waals surface area contributed by atoms with Crippen LogP contribution in [0.4, 0.5) is 8.78 Å². The molecule has 7 heteroatoms. The van der Waals surface area contributed by atoms with Crippen LogP contribution in [0.5, 0.6) is 5.75 Å². The van der Waals surface area contributed by atoms with Gasteiger partial charge in [0.15, 0.2) is 0 Å². The summed E-state index contributed by atoms with van der Waals surface area (Å²) in [6.45, 7) is -0.0587. The van der Waals surface area contributed by atoms with E-state index in [9.17, 15) is 17.2 Å². The topological polar surface area (TPSA) is 55.4 Å². The minimum atomic E-state index is -3.72. The summed E-state index contributed by atoms with van der Waals surface area (Å²) in [7, 11) is -2.24. The zero-order valence-electron chi connectivity index (χ0n) is 13.2. The lowest BCUT2D eigenvalue weighted by Gasteiger charge is -2.16. The molecule has 2 aromatic rings. The molecule has 0 aromatic heterocycles. The van der Waals surface area contributed by atoms with E-state index in [1.54, 1.807) is 18.2 Å². The summed E-state index contributed by atoms with van der Waals surface area (Å²) in [5, 5.41) is 0. The van der Waals surface area contributed by atoms with Gasteiger partial charge >= 0.3 is 0 Å². The highest BCUT2D eigenvalue weighted by atomic mass is 32.2. The predicted octanol–water partition coefficient (Wildman–Crippen LogP) is 3.55. The van der Waals surface area contributed by atoms with Gasteiger partial charge < -0.3 is 4.74 Å². The van der Waals surface area contributed by atoms with Gasteiger partial charge in [0.05, 0.1) is 12.0 Å². The minimum Gasteiger partial charge on any atom is -0.497 e. The Labute approximate surface area is 140 Å². The fourth-order valence-electron chi connectivity index (χ4n) is 2.18. The van der Waals surface area contributed by atoms with Crippen molar-refractivity contribution in [2.45, 2.75) is 23.7 Å². The number of sulfonamides is 1. The van der Waals surface area contributed by atoms with Crippen molar-refractivity contribution in [1.29, 1.82) is 0 Å². The number of methoxy groups -OCH3 is 1. The molecule has 0 saturated heterocycles. The number of ether oxygens (including phenoxy) is 1. The Morgan fingerprint density at radius 1 is 1.04 bits per heavy atom. The third-order valence-corrected chi connectivity index (χ3v) is 5.00. The Kier molecular flexibility index (Phi) is 5.90. The molecule has 0 spiro atoms. The largest absolute Gasteiger partial charge is 0.497 e. The first-order valence-corrected chi connectivity index (χ1v) is 8.90. The average molecular weight is 355 g/mol. The predicted molar refractivity (Wildman–Crippen MR) is 87.8 cm³/mol. The van der Waals surface area contributed by atoms with Crippen LogP contribution in [0.15, 0.2) is 59.5 Å². The number of halogens is 2. The van der Waals surface area contributed by atoms with Gasteiger partial charge in [-0.05, 0) is 30.7 Å². The van der Waals surface area contributed by atoms with Gasteiger partial charge in [-0.15, -0.1) is 0 Å². The Bertz CT molecular complexity index is 747. The first kappa shape index (κ1) is 18.4. The van der Waals surface area contributed by atoms with Crippen molar-refractivity contribution in [3.8, 4) is 5.75 Å². The summed E-state index contributed by atoms with van der Waals surface area (Å²) >= 11 is 0. The quantitative estimate of drug-likeness (QED) is 0.737. The third kappa shape index (κ3) is 4.75. The molecular formula is C17H19F2NO3S. The van der Waals surface area contributed by atoms with Crippen molar-refractivity contribution in [2.24, 2.45) is 0 Å². The van der Waals surface area contributed by atoms with E-state index in [0.29, 0.717) is 5.75 Å². The number of benzene rings is 2. The van der Waals surface area contributed by atoms with Gasteiger partial charge in [-0.2, -0.15) is 0 Å². The van der Waals surface area contributed by atoms with Crippen molar-refractivity contribution < 1.29 is 21.9 Å². The highest BCUT2D eigenvalue weighted by Gasteiger charge is 2.30. The molecule has 4 nitrogen and oxygen atoms in total. The summed E-state index contributed by atoms with van der Waals surface area (Å²) in [5.74, 6) is -2.44. The summed E-state index contributed by atoms with van der Waals surface area (Å²) in [4.78, 5) is 0.0677. The van der Waals surface area contributed by atoms with E-state index in [0.717, 1.165) is 0 Å². The molecule has 0 radical (unpaired) electrons. The van der Waals surface area contributed by atoms with Crippen LogP contribution in [0.2, 0.25) is 0 Å². The van der Waals surface area contributed by atoms with Gasteiger partial charge in [0.2, 0.25) is 10.0 Å².